The third-order valence-electron chi connectivity index (χ3n) is 2.77. The highest BCUT2D eigenvalue weighted by atomic mass is 16.4. The van der Waals surface area contributed by atoms with Gasteiger partial charge in [0.05, 0.1) is 6.20 Å². The van der Waals surface area contributed by atoms with Crippen LogP contribution in [0.15, 0.2) is 24.7 Å². The number of nitrogens with zero attached hydrogens (tertiary/aromatic N) is 4. The van der Waals surface area contributed by atoms with Gasteiger partial charge in [0.2, 0.25) is 0 Å². The van der Waals surface area contributed by atoms with Gasteiger partial charge in [-0.15, -0.1) is 0 Å². The SMILES string of the molecule is CC(C(=O)O)N(C)C(=O)c1cnn2cccnc12. The fourth-order valence-corrected chi connectivity index (χ4v) is 1.51. The smallest absolute Gasteiger partial charge is 0.326 e. The number of hydrogen-bond donors (Lipinski definition) is 1. The molecule has 2 heterocycles. The Morgan fingerprint density at radius 2 is 2.22 bits per heavy atom. The van der Waals surface area contributed by atoms with E-state index < -0.39 is 17.9 Å². The van der Waals surface area contributed by atoms with E-state index in [0.717, 1.165) is 4.90 Å². The summed E-state index contributed by atoms with van der Waals surface area (Å²) >= 11 is 0. The third kappa shape index (κ3) is 1.90. The average molecular weight is 248 g/mol. The molecule has 0 aliphatic carbocycles. The number of carboxylic acids is 1. The van der Waals surface area contributed by atoms with E-state index in [1.54, 1.807) is 18.5 Å². The van der Waals surface area contributed by atoms with Gasteiger partial charge >= 0.3 is 5.97 Å². The minimum atomic E-state index is -1.06. The van der Waals surface area contributed by atoms with Gasteiger partial charge < -0.3 is 10.0 Å². The van der Waals surface area contributed by atoms with E-state index in [0.29, 0.717) is 5.65 Å². The molecule has 0 bridgehead atoms. The minimum absolute atomic E-state index is 0.284. The molecule has 0 fully saturated rings. The summed E-state index contributed by atoms with van der Waals surface area (Å²) in [5.41, 5.74) is 0.693. The van der Waals surface area contributed by atoms with Crippen molar-refractivity contribution in [1.29, 1.82) is 0 Å². The second kappa shape index (κ2) is 4.44. The van der Waals surface area contributed by atoms with E-state index in [4.69, 9.17) is 5.11 Å². The van der Waals surface area contributed by atoms with Gasteiger partial charge in [-0.1, -0.05) is 0 Å². The van der Waals surface area contributed by atoms with Crippen LogP contribution < -0.4 is 0 Å². The van der Waals surface area contributed by atoms with Crippen molar-refractivity contribution in [3.05, 3.63) is 30.2 Å². The summed E-state index contributed by atoms with van der Waals surface area (Å²) in [7, 11) is 1.44. The number of likely N-dealkylation sites (N-methyl/N-ethyl adjacent to an activating group) is 1. The van der Waals surface area contributed by atoms with Gasteiger partial charge in [-0.05, 0) is 13.0 Å². The molecule has 7 nitrogen and oxygen atoms in total. The molecule has 2 rings (SSSR count). The Hall–Kier alpha value is -2.44. The Morgan fingerprint density at radius 1 is 1.50 bits per heavy atom. The number of carboxylic acid groups (broad SMARTS) is 1. The Balaban J connectivity index is 2.37. The van der Waals surface area contributed by atoms with Gasteiger partial charge in [0, 0.05) is 19.4 Å². The molecule has 0 saturated heterocycles. The lowest BCUT2D eigenvalue weighted by Gasteiger charge is -2.20. The zero-order valence-electron chi connectivity index (χ0n) is 9.94. The molecule has 18 heavy (non-hydrogen) atoms. The van der Waals surface area contributed by atoms with Crippen molar-refractivity contribution in [3.63, 3.8) is 0 Å². The highest BCUT2D eigenvalue weighted by Gasteiger charge is 2.25. The van der Waals surface area contributed by atoms with Crippen LogP contribution in [0.25, 0.3) is 5.65 Å². The summed E-state index contributed by atoms with van der Waals surface area (Å²) in [5.74, 6) is -1.48. The number of aliphatic carboxylic acids is 1. The summed E-state index contributed by atoms with van der Waals surface area (Å²) in [6.07, 6.45) is 4.60. The average Bonchev–Trinajstić information content (AvgIpc) is 2.79. The molecule has 2 aromatic heterocycles. The normalized spacial score (nSPS) is 12.3. The zero-order valence-corrected chi connectivity index (χ0v) is 9.94. The first-order valence-electron chi connectivity index (χ1n) is 5.30. The van der Waals surface area contributed by atoms with Gasteiger partial charge in [-0.3, -0.25) is 4.79 Å². The Bertz CT molecular complexity index is 607. The molecule has 0 aliphatic rings. The topological polar surface area (TPSA) is 87.8 Å². The van der Waals surface area contributed by atoms with Gasteiger partial charge in [0.1, 0.15) is 11.6 Å². The summed E-state index contributed by atoms with van der Waals surface area (Å²) in [4.78, 5) is 28.2. The Morgan fingerprint density at radius 3 is 2.89 bits per heavy atom. The monoisotopic (exact) mass is 248 g/mol. The third-order valence-corrected chi connectivity index (χ3v) is 2.77. The quantitative estimate of drug-likeness (QED) is 0.842. The largest absolute Gasteiger partial charge is 0.480 e. The highest BCUT2D eigenvalue weighted by Crippen LogP contribution is 2.11. The van der Waals surface area contributed by atoms with E-state index in [1.165, 1.54) is 24.7 Å². The van der Waals surface area contributed by atoms with Crippen LogP contribution >= 0.6 is 0 Å². The van der Waals surface area contributed by atoms with Crippen LogP contribution in [0.5, 0.6) is 0 Å². The summed E-state index contributed by atoms with van der Waals surface area (Å²) in [5, 5.41) is 12.9. The maximum absolute atomic E-state index is 12.1. The van der Waals surface area contributed by atoms with E-state index in [1.807, 2.05) is 0 Å². The molecule has 0 spiro atoms. The van der Waals surface area contributed by atoms with Crippen LogP contribution in [0.1, 0.15) is 17.3 Å². The molecule has 0 radical (unpaired) electrons. The first-order chi connectivity index (χ1) is 8.52. The van der Waals surface area contributed by atoms with Gasteiger partial charge in [-0.25, -0.2) is 14.3 Å². The van der Waals surface area contributed by atoms with Crippen LogP contribution in [0.4, 0.5) is 0 Å². The molecule has 1 N–H and O–H groups in total. The molecule has 0 saturated carbocycles. The molecule has 1 unspecified atom stereocenters. The number of carbonyl (C=O) groups is 2. The zero-order chi connectivity index (χ0) is 13.3. The summed E-state index contributed by atoms with van der Waals surface area (Å²) in [6.45, 7) is 1.44. The standard InChI is InChI=1S/C11H12N4O3/c1-7(11(17)18)14(2)10(16)8-6-13-15-5-3-4-12-9(8)15/h3-7H,1-2H3,(H,17,18). The Labute approximate surface area is 103 Å². The number of fused-ring (bicyclic) bond motifs is 1. The van der Waals surface area contributed by atoms with Crippen molar-refractivity contribution in [1.82, 2.24) is 19.5 Å². The molecular formula is C11H12N4O3. The number of amides is 1. The van der Waals surface area contributed by atoms with Crippen molar-refractivity contribution in [3.8, 4) is 0 Å². The van der Waals surface area contributed by atoms with E-state index >= 15 is 0 Å². The predicted octanol–water partition coefficient (Wildman–Crippen LogP) is 0.274. The number of rotatable bonds is 3. The van der Waals surface area contributed by atoms with Crippen LogP contribution in [-0.2, 0) is 4.79 Å². The van der Waals surface area contributed by atoms with E-state index in [9.17, 15) is 9.59 Å². The van der Waals surface area contributed by atoms with Crippen molar-refractivity contribution in [2.45, 2.75) is 13.0 Å². The highest BCUT2D eigenvalue weighted by molar-refractivity contribution is 6.01. The van der Waals surface area contributed by atoms with Crippen LogP contribution in [-0.4, -0.2) is 49.6 Å². The van der Waals surface area contributed by atoms with Gasteiger partial charge in [0.15, 0.2) is 5.65 Å². The van der Waals surface area contributed by atoms with Crippen LogP contribution in [0.2, 0.25) is 0 Å². The van der Waals surface area contributed by atoms with E-state index in [2.05, 4.69) is 10.1 Å². The fraction of sp³-hybridized carbons (Fsp3) is 0.273. The first kappa shape index (κ1) is 12.0. The Kier molecular flexibility index (Phi) is 2.97. The lowest BCUT2D eigenvalue weighted by Crippen LogP contribution is -2.40. The fourth-order valence-electron chi connectivity index (χ4n) is 1.51. The molecule has 94 valence electrons. The van der Waals surface area contributed by atoms with Gasteiger partial charge in [0.25, 0.3) is 5.91 Å². The maximum atomic E-state index is 12.1. The van der Waals surface area contributed by atoms with Crippen molar-refractivity contribution < 1.29 is 14.7 Å². The molecule has 0 aliphatic heterocycles. The summed E-state index contributed by atoms with van der Waals surface area (Å²) in [6, 6.07) is 0.786. The predicted molar refractivity (Wildman–Crippen MR) is 62.2 cm³/mol. The molecule has 7 heteroatoms. The number of aromatic nitrogens is 3. The molecular weight excluding hydrogens is 236 g/mol. The van der Waals surface area contributed by atoms with E-state index in [-0.39, 0.29) is 5.56 Å². The number of carbonyl (C=O) groups excluding carboxylic acids is 1. The van der Waals surface area contributed by atoms with Crippen molar-refractivity contribution >= 4 is 17.5 Å². The lowest BCUT2D eigenvalue weighted by atomic mass is 10.2. The maximum Gasteiger partial charge on any atom is 0.326 e. The van der Waals surface area contributed by atoms with Crippen molar-refractivity contribution in [2.24, 2.45) is 0 Å². The molecule has 0 aromatic carbocycles. The lowest BCUT2D eigenvalue weighted by molar-refractivity contribution is -0.141. The summed E-state index contributed by atoms with van der Waals surface area (Å²) < 4.78 is 1.46. The second-order valence-electron chi connectivity index (χ2n) is 3.88. The van der Waals surface area contributed by atoms with Crippen LogP contribution in [0, 0.1) is 0 Å². The van der Waals surface area contributed by atoms with Crippen LogP contribution in [0.3, 0.4) is 0 Å². The second-order valence-corrected chi connectivity index (χ2v) is 3.88. The number of hydrogen-bond acceptors (Lipinski definition) is 4. The molecule has 2 aromatic rings. The minimum Gasteiger partial charge on any atom is -0.480 e. The van der Waals surface area contributed by atoms with Gasteiger partial charge in [-0.2, -0.15) is 5.10 Å². The molecule has 1 amide bonds. The molecule has 1 atom stereocenters. The van der Waals surface area contributed by atoms with Crippen molar-refractivity contribution in [2.75, 3.05) is 7.05 Å². The first-order valence-corrected chi connectivity index (χ1v) is 5.30.